The van der Waals surface area contributed by atoms with Crippen molar-refractivity contribution in [3.63, 3.8) is 0 Å². The molecule has 1 atom stereocenters. The average Bonchev–Trinajstić information content (AvgIpc) is 3.09. The molecule has 0 aromatic carbocycles. The average molecular weight is 275 g/mol. The number of carboxylic acid groups (broad SMARTS) is 1. The number of hydrogen-bond acceptors (Lipinski definition) is 4. The number of aromatic carboxylic acids is 1. The molecule has 0 radical (unpaired) electrons. The molecule has 2 saturated heterocycles. The van der Waals surface area contributed by atoms with Gasteiger partial charge in [0.15, 0.2) is 0 Å². The van der Waals surface area contributed by atoms with Crippen molar-refractivity contribution < 1.29 is 9.90 Å². The molecule has 5 heteroatoms. The van der Waals surface area contributed by atoms with Crippen LogP contribution >= 0.6 is 0 Å². The Labute approximate surface area is 119 Å². The minimum atomic E-state index is -0.905. The fourth-order valence-corrected chi connectivity index (χ4v) is 3.30. The zero-order chi connectivity index (χ0) is 14.1. The molecule has 0 spiro atoms. The van der Waals surface area contributed by atoms with Crippen LogP contribution in [0.15, 0.2) is 12.1 Å². The second-order valence-corrected chi connectivity index (χ2v) is 5.74. The first kappa shape index (κ1) is 13.4. The first-order chi connectivity index (χ1) is 9.65. The quantitative estimate of drug-likeness (QED) is 0.911. The maximum Gasteiger partial charge on any atom is 0.337 e. The van der Waals surface area contributed by atoms with Crippen molar-refractivity contribution >= 4 is 11.8 Å². The van der Waals surface area contributed by atoms with Gasteiger partial charge in [0.25, 0.3) is 0 Å². The molecule has 0 amide bonds. The van der Waals surface area contributed by atoms with Gasteiger partial charge < -0.3 is 10.0 Å². The molecular weight excluding hydrogens is 254 g/mol. The molecule has 0 bridgehead atoms. The number of anilines is 1. The van der Waals surface area contributed by atoms with Gasteiger partial charge in [0.05, 0.1) is 11.3 Å². The summed E-state index contributed by atoms with van der Waals surface area (Å²) in [6, 6.07) is 4.14. The lowest BCUT2D eigenvalue weighted by molar-refractivity contribution is 0.0695. The zero-order valence-corrected chi connectivity index (χ0v) is 11.9. The van der Waals surface area contributed by atoms with Crippen molar-refractivity contribution in [1.82, 2.24) is 9.88 Å². The minimum absolute atomic E-state index is 0.295. The van der Waals surface area contributed by atoms with Gasteiger partial charge in [-0.25, -0.2) is 9.78 Å². The van der Waals surface area contributed by atoms with Crippen molar-refractivity contribution in [1.29, 1.82) is 0 Å². The Kier molecular flexibility index (Phi) is 3.61. The summed E-state index contributed by atoms with van der Waals surface area (Å²) in [5.41, 5.74) is 0.892. The summed E-state index contributed by atoms with van der Waals surface area (Å²) >= 11 is 0. The molecule has 1 aromatic rings. The lowest BCUT2D eigenvalue weighted by Gasteiger charge is -2.24. The number of rotatable bonds is 3. The predicted octanol–water partition coefficient (Wildman–Crippen LogP) is 1.76. The zero-order valence-electron chi connectivity index (χ0n) is 11.9. The second kappa shape index (κ2) is 5.40. The lowest BCUT2D eigenvalue weighted by atomic mass is 10.2. The Bertz CT molecular complexity index is 512. The van der Waals surface area contributed by atoms with Gasteiger partial charge in [-0.3, -0.25) is 4.90 Å². The van der Waals surface area contributed by atoms with Gasteiger partial charge in [0.2, 0.25) is 0 Å². The Balaban J connectivity index is 1.71. The van der Waals surface area contributed by atoms with Gasteiger partial charge in [0.1, 0.15) is 5.82 Å². The van der Waals surface area contributed by atoms with Crippen LogP contribution in [0.1, 0.15) is 35.3 Å². The maximum absolute atomic E-state index is 11.0. The molecule has 1 unspecified atom stereocenters. The molecule has 3 rings (SSSR count). The molecule has 2 aliphatic rings. The number of carboxylic acids is 1. The topological polar surface area (TPSA) is 56.7 Å². The maximum atomic E-state index is 11.0. The molecule has 0 saturated carbocycles. The van der Waals surface area contributed by atoms with E-state index in [1.165, 1.54) is 32.4 Å². The lowest BCUT2D eigenvalue weighted by Crippen LogP contribution is -2.35. The predicted molar refractivity (Wildman–Crippen MR) is 77.4 cm³/mol. The van der Waals surface area contributed by atoms with E-state index in [1.54, 1.807) is 13.0 Å². The highest BCUT2D eigenvalue weighted by Gasteiger charge is 2.30. The fourth-order valence-electron chi connectivity index (χ4n) is 3.30. The highest BCUT2D eigenvalue weighted by molar-refractivity contribution is 5.89. The van der Waals surface area contributed by atoms with Gasteiger partial charge in [-0.2, -0.15) is 0 Å². The number of aromatic nitrogens is 1. The van der Waals surface area contributed by atoms with Crippen LogP contribution in [0.2, 0.25) is 0 Å². The van der Waals surface area contributed by atoms with Gasteiger partial charge in [-0.15, -0.1) is 0 Å². The molecule has 108 valence electrons. The SMILES string of the molecule is Cc1nc(N2CCC(N3CCCC3)C2)ccc1C(=O)O. The van der Waals surface area contributed by atoms with Crippen molar-refractivity contribution in [2.24, 2.45) is 0 Å². The van der Waals surface area contributed by atoms with E-state index in [1.807, 2.05) is 6.07 Å². The summed E-state index contributed by atoms with van der Waals surface area (Å²) < 4.78 is 0. The first-order valence-electron chi connectivity index (χ1n) is 7.35. The molecule has 5 nitrogen and oxygen atoms in total. The first-order valence-corrected chi connectivity index (χ1v) is 7.35. The number of hydrogen-bond donors (Lipinski definition) is 1. The van der Waals surface area contributed by atoms with Crippen LogP contribution in [0, 0.1) is 6.92 Å². The molecule has 3 heterocycles. The van der Waals surface area contributed by atoms with E-state index in [9.17, 15) is 4.79 Å². The van der Waals surface area contributed by atoms with Crippen LogP contribution in [0.3, 0.4) is 0 Å². The molecule has 1 aromatic heterocycles. The standard InChI is InChI=1S/C15H21N3O2/c1-11-13(15(19)20)4-5-14(16-11)18-9-6-12(10-18)17-7-2-3-8-17/h4-5,12H,2-3,6-10H2,1H3,(H,19,20). The molecule has 2 fully saturated rings. The van der Waals surface area contributed by atoms with Crippen LogP contribution < -0.4 is 4.90 Å². The third-order valence-electron chi connectivity index (χ3n) is 4.45. The number of likely N-dealkylation sites (tertiary alicyclic amines) is 1. The summed E-state index contributed by atoms with van der Waals surface area (Å²) in [4.78, 5) is 20.3. The number of pyridine rings is 1. The normalized spacial score (nSPS) is 23.4. The molecule has 2 aliphatic heterocycles. The Hall–Kier alpha value is -1.62. The van der Waals surface area contributed by atoms with E-state index in [2.05, 4.69) is 14.8 Å². The number of aryl methyl sites for hydroxylation is 1. The van der Waals surface area contributed by atoms with Gasteiger partial charge >= 0.3 is 5.97 Å². The highest BCUT2D eigenvalue weighted by atomic mass is 16.4. The van der Waals surface area contributed by atoms with E-state index < -0.39 is 5.97 Å². The van der Waals surface area contributed by atoms with Crippen molar-refractivity contribution in [2.75, 3.05) is 31.1 Å². The highest BCUT2D eigenvalue weighted by Crippen LogP contribution is 2.24. The Morgan fingerprint density at radius 1 is 1.30 bits per heavy atom. The van der Waals surface area contributed by atoms with Crippen LogP contribution in [-0.2, 0) is 0 Å². The monoisotopic (exact) mass is 275 g/mol. The molecular formula is C15H21N3O2. The number of carbonyl (C=O) groups is 1. The van der Waals surface area contributed by atoms with Crippen molar-refractivity contribution in [3.8, 4) is 0 Å². The van der Waals surface area contributed by atoms with E-state index >= 15 is 0 Å². The fraction of sp³-hybridized carbons (Fsp3) is 0.600. The van der Waals surface area contributed by atoms with E-state index in [0.717, 1.165) is 18.9 Å². The molecule has 1 N–H and O–H groups in total. The van der Waals surface area contributed by atoms with Crippen molar-refractivity contribution in [3.05, 3.63) is 23.4 Å². The largest absolute Gasteiger partial charge is 0.478 e. The van der Waals surface area contributed by atoms with Crippen LogP contribution in [0.5, 0.6) is 0 Å². The van der Waals surface area contributed by atoms with E-state index in [0.29, 0.717) is 17.3 Å². The summed E-state index contributed by atoms with van der Waals surface area (Å²) in [5, 5.41) is 9.05. The van der Waals surface area contributed by atoms with E-state index in [-0.39, 0.29) is 0 Å². The summed E-state index contributed by atoms with van der Waals surface area (Å²) in [5.74, 6) is 0.00659. The third-order valence-corrected chi connectivity index (χ3v) is 4.45. The van der Waals surface area contributed by atoms with Crippen LogP contribution in [0.25, 0.3) is 0 Å². The van der Waals surface area contributed by atoms with Gasteiger partial charge in [-0.1, -0.05) is 0 Å². The second-order valence-electron chi connectivity index (χ2n) is 5.74. The van der Waals surface area contributed by atoms with Crippen LogP contribution in [0.4, 0.5) is 5.82 Å². The third kappa shape index (κ3) is 2.50. The Morgan fingerprint density at radius 2 is 2.05 bits per heavy atom. The summed E-state index contributed by atoms with van der Waals surface area (Å²) in [6.07, 6.45) is 3.82. The molecule has 0 aliphatic carbocycles. The summed E-state index contributed by atoms with van der Waals surface area (Å²) in [7, 11) is 0. The molecule has 20 heavy (non-hydrogen) atoms. The van der Waals surface area contributed by atoms with Crippen LogP contribution in [-0.4, -0.2) is 53.2 Å². The number of nitrogens with zero attached hydrogens (tertiary/aromatic N) is 3. The van der Waals surface area contributed by atoms with Gasteiger partial charge in [-0.05, 0) is 51.4 Å². The minimum Gasteiger partial charge on any atom is -0.478 e. The van der Waals surface area contributed by atoms with Gasteiger partial charge in [0, 0.05) is 19.1 Å². The smallest absolute Gasteiger partial charge is 0.337 e. The van der Waals surface area contributed by atoms with E-state index in [4.69, 9.17) is 5.11 Å². The van der Waals surface area contributed by atoms with Crippen molar-refractivity contribution in [2.45, 2.75) is 32.2 Å². The summed E-state index contributed by atoms with van der Waals surface area (Å²) in [6.45, 7) is 6.24. The Morgan fingerprint density at radius 3 is 2.70 bits per heavy atom.